The maximum Gasteiger partial charge on any atom is 0.143 e. The van der Waals surface area contributed by atoms with Crippen molar-refractivity contribution < 1.29 is 9.47 Å². The van der Waals surface area contributed by atoms with Crippen molar-refractivity contribution in [2.75, 3.05) is 26.6 Å². The highest BCUT2D eigenvalue weighted by molar-refractivity contribution is 14.1. The molecule has 1 N–H and O–H groups in total. The Bertz CT molecular complexity index is 374. The van der Waals surface area contributed by atoms with Gasteiger partial charge in [0, 0.05) is 27.7 Å². The van der Waals surface area contributed by atoms with Gasteiger partial charge in [-0.25, -0.2) is 9.97 Å². The molecule has 0 spiro atoms. The molecule has 0 aliphatic carbocycles. The van der Waals surface area contributed by atoms with Crippen molar-refractivity contribution in [1.29, 1.82) is 0 Å². The van der Waals surface area contributed by atoms with Crippen LogP contribution in [0.25, 0.3) is 0 Å². The van der Waals surface area contributed by atoms with Crippen molar-refractivity contribution in [3.63, 3.8) is 0 Å². The molecule has 96 valence electrons. The van der Waals surface area contributed by atoms with Crippen LogP contribution in [0.15, 0.2) is 0 Å². The first-order valence-corrected chi connectivity index (χ1v) is 6.45. The molecule has 0 amide bonds. The van der Waals surface area contributed by atoms with Crippen LogP contribution in [0.3, 0.4) is 0 Å². The monoisotopic (exact) mass is 351 g/mol. The zero-order valence-corrected chi connectivity index (χ0v) is 12.7. The first-order valence-electron chi connectivity index (χ1n) is 5.37. The van der Waals surface area contributed by atoms with Gasteiger partial charge in [0.2, 0.25) is 0 Å². The quantitative estimate of drug-likeness (QED) is 0.793. The van der Waals surface area contributed by atoms with Crippen LogP contribution >= 0.6 is 22.6 Å². The second kappa shape index (κ2) is 7.07. The van der Waals surface area contributed by atoms with Crippen LogP contribution in [0.5, 0.6) is 0 Å². The Balaban J connectivity index is 3.02. The van der Waals surface area contributed by atoms with Crippen molar-refractivity contribution >= 4 is 28.4 Å². The Morgan fingerprint density at radius 1 is 1.35 bits per heavy atom. The standard InChI is InChI=1S/C11H18IN3O2/c1-7(17-4)5-9-14-8(6-16-3)10(12)11(13-2)15-9/h7H,5-6H2,1-4H3,(H,13,14,15). The predicted octanol–water partition coefficient (Wildman–Crippen LogP) is 1.85. The second-order valence-electron chi connectivity index (χ2n) is 3.68. The van der Waals surface area contributed by atoms with E-state index >= 15 is 0 Å². The van der Waals surface area contributed by atoms with Crippen molar-refractivity contribution in [3.8, 4) is 0 Å². The molecule has 0 fully saturated rings. The molecule has 0 aliphatic heterocycles. The lowest BCUT2D eigenvalue weighted by Gasteiger charge is -2.13. The van der Waals surface area contributed by atoms with Crippen LogP contribution in [0.2, 0.25) is 0 Å². The van der Waals surface area contributed by atoms with Gasteiger partial charge in [-0.05, 0) is 29.5 Å². The fraction of sp³-hybridized carbons (Fsp3) is 0.636. The molecule has 0 aliphatic rings. The highest BCUT2D eigenvalue weighted by Crippen LogP contribution is 2.20. The van der Waals surface area contributed by atoms with Gasteiger partial charge in [0.05, 0.1) is 22.0 Å². The minimum atomic E-state index is 0.107. The van der Waals surface area contributed by atoms with E-state index in [0.717, 1.165) is 20.9 Å². The minimum absolute atomic E-state index is 0.107. The fourth-order valence-electron chi connectivity index (χ4n) is 1.37. The Labute approximate surface area is 115 Å². The lowest BCUT2D eigenvalue weighted by Crippen LogP contribution is -2.15. The van der Waals surface area contributed by atoms with Crippen molar-refractivity contribution in [2.45, 2.75) is 26.1 Å². The third-order valence-electron chi connectivity index (χ3n) is 2.36. The molecule has 0 saturated heterocycles. The molecule has 0 saturated carbocycles. The Morgan fingerprint density at radius 3 is 2.59 bits per heavy atom. The van der Waals surface area contributed by atoms with Gasteiger partial charge in [-0.15, -0.1) is 0 Å². The topological polar surface area (TPSA) is 56.3 Å². The lowest BCUT2D eigenvalue weighted by molar-refractivity contribution is 0.116. The van der Waals surface area contributed by atoms with Gasteiger partial charge in [-0.3, -0.25) is 0 Å². The molecule has 0 radical (unpaired) electrons. The van der Waals surface area contributed by atoms with Crippen LogP contribution in [0.1, 0.15) is 18.4 Å². The maximum absolute atomic E-state index is 5.22. The molecule has 0 aromatic carbocycles. The summed E-state index contributed by atoms with van der Waals surface area (Å²) < 4.78 is 11.4. The van der Waals surface area contributed by atoms with Gasteiger partial charge >= 0.3 is 0 Å². The molecule has 1 unspecified atom stereocenters. The number of anilines is 1. The molecule has 5 nitrogen and oxygen atoms in total. The van der Waals surface area contributed by atoms with Crippen LogP contribution in [0.4, 0.5) is 5.82 Å². The van der Waals surface area contributed by atoms with E-state index in [2.05, 4.69) is 37.9 Å². The number of rotatable bonds is 6. The summed E-state index contributed by atoms with van der Waals surface area (Å²) in [4.78, 5) is 8.95. The van der Waals surface area contributed by atoms with Crippen molar-refractivity contribution in [3.05, 3.63) is 15.1 Å². The molecule has 1 aromatic rings. The summed E-state index contributed by atoms with van der Waals surface area (Å²) in [6, 6.07) is 0. The van der Waals surface area contributed by atoms with Crippen molar-refractivity contribution in [2.24, 2.45) is 0 Å². The number of nitrogens with zero attached hydrogens (tertiary/aromatic N) is 2. The minimum Gasteiger partial charge on any atom is -0.381 e. The summed E-state index contributed by atoms with van der Waals surface area (Å²) in [6.07, 6.45) is 0.800. The normalized spacial score (nSPS) is 12.5. The van der Waals surface area contributed by atoms with E-state index in [9.17, 15) is 0 Å². The summed E-state index contributed by atoms with van der Waals surface area (Å²) >= 11 is 2.23. The average molecular weight is 351 g/mol. The van der Waals surface area contributed by atoms with Gasteiger partial charge in [0.25, 0.3) is 0 Å². The zero-order valence-electron chi connectivity index (χ0n) is 10.6. The van der Waals surface area contributed by atoms with Crippen molar-refractivity contribution in [1.82, 2.24) is 9.97 Å². The van der Waals surface area contributed by atoms with Crippen LogP contribution in [-0.4, -0.2) is 37.3 Å². The first kappa shape index (κ1) is 14.6. The van der Waals surface area contributed by atoms with E-state index in [1.165, 1.54) is 0 Å². The molecular weight excluding hydrogens is 333 g/mol. The van der Waals surface area contributed by atoms with Gasteiger partial charge in [0.1, 0.15) is 11.6 Å². The summed E-state index contributed by atoms with van der Waals surface area (Å²) in [6.45, 7) is 2.49. The molecule has 1 rings (SSSR count). The summed E-state index contributed by atoms with van der Waals surface area (Å²) in [5.74, 6) is 1.61. The third kappa shape index (κ3) is 4.04. The summed E-state index contributed by atoms with van der Waals surface area (Å²) in [7, 11) is 5.20. The molecule has 1 aromatic heterocycles. The van der Waals surface area contributed by atoms with Crippen LogP contribution < -0.4 is 5.32 Å². The number of nitrogens with one attached hydrogen (secondary N) is 1. The number of ether oxygens (including phenoxy) is 2. The van der Waals surface area contributed by atoms with Gasteiger partial charge < -0.3 is 14.8 Å². The van der Waals surface area contributed by atoms with E-state index in [1.807, 2.05) is 14.0 Å². The van der Waals surface area contributed by atoms with E-state index < -0.39 is 0 Å². The Kier molecular flexibility index (Phi) is 6.07. The number of hydrogen-bond acceptors (Lipinski definition) is 5. The van der Waals surface area contributed by atoms with Gasteiger partial charge in [-0.1, -0.05) is 0 Å². The number of halogens is 1. The molecule has 1 atom stereocenters. The highest BCUT2D eigenvalue weighted by Gasteiger charge is 2.13. The fourth-order valence-corrected chi connectivity index (χ4v) is 2.04. The third-order valence-corrected chi connectivity index (χ3v) is 3.49. The highest BCUT2D eigenvalue weighted by atomic mass is 127. The number of hydrogen-bond donors (Lipinski definition) is 1. The SMILES string of the molecule is CNc1nc(CC(C)OC)nc(COC)c1I. The second-order valence-corrected chi connectivity index (χ2v) is 4.76. The smallest absolute Gasteiger partial charge is 0.143 e. The van der Waals surface area contributed by atoms with E-state index in [1.54, 1.807) is 14.2 Å². The predicted molar refractivity (Wildman–Crippen MR) is 75.2 cm³/mol. The Hall–Kier alpha value is -0.470. The molecule has 0 bridgehead atoms. The molecule has 1 heterocycles. The first-order chi connectivity index (χ1) is 8.12. The molecule has 6 heteroatoms. The van der Waals surface area contributed by atoms with Crippen LogP contribution in [-0.2, 0) is 22.5 Å². The summed E-state index contributed by atoms with van der Waals surface area (Å²) in [5.41, 5.74) is 0.908. The lowest BCUT2D eigenvalue weighted by atomic mass is 10.2. The average Bonchev–Trinajstić information content (AvgIpc) is 2.33. The largest absolute Gasteiger partial charge is 0.381 e. The van der Waals surface area contributed by atoms with Gasteiger partial charge in [0.15, 0.2) is 0 Å². The van der Waals surface area contributed by atoms with Gasteiger partial charge in [-0.2, -0.15) is 0 Å². The maximum atomic E-state index is 5.22. The zero-order chi connectivity index (χ0) is 12.8. The molecule has 17 heavy (non-hydrogen) atoms. The van der Waals surface area contributed by atoms with Crippen LogP contribution in [0, 0.1) is 3.57 Å². The van der Waals surface area contributed by atoms with E-state index in [0.29, 0.717) is 13.0 Å². The molecular formula is C11H18IN3O2. The van der Waals surface area contributed by atoms with E-state index in [-0.39, 0.29) is 6.10 Å². The number of aromatic nitrogens is 2. The number of methoxy groups -OCH3 is 2. The Morgan fingerprint density at radius 2 is 2.06 bits per heavy atom. The van der Waals surface area contributed by atoms with E-state index in [4.69, 9.17) is 9.47 Å². The summed E-state index contributed by atoms with van der Waals surface area (Å²) in [5, 5.41) is 3.07.